The van der Waals surface area contributed by atoms with Crippen LogP contribution < -0.4 is 5.73 Å². The lowest BCUT2D eigenvalue weighted by Crippen LogP contribution is -2.62. The molecule has 1 rings (SSSR count). The average molecular weight is 193 g/mol. The lowest BCUT2D eigenvalue weighted by atomic mass is 9.97. The Kier molecular flexibility index (Phi) is 3.60. The molecule has 1 aliphatic rings. The number of hydrogen-bond acceptors (Lipinski definition) is 6. The van der Waals surface area contributed by atoms with Crippen LogP contribution in [0.1, 0.15) is 0 Å². The van der Waals surface area contributed by atoms with Gasteiger partial charge in [-0.15, -0.1) is 0 Å². The molecule has 6 heteroatoms. The maximum Gasteiger partial charge on any atom is 0.186 e. The van der Waals surface area contributed by atoms with Gasteiger partial charge in [0, 0.05) is 7.11 Å². The van der Waals surface area contributed by atoms with Crippen molar-refractivity contribution >= 4 is 0 Å². The Balaban J connectivity index is 2.66. The summed E-state index contributed by atoms with van der Waals surface area (Å²) >= 11 is 0. The highest BCUT2D eigenvalue weighted by molar-refractivity contribution is 4.91. The Hall–Kier alpha value is -0.240. The van der Waals surface area contributed by atoms with Crippen molar-refractivity contribution in [3.8, 4) is 0 Å². The third kappa shape index (κ3) is 1.98. The Labute approximate surface area is 75.9 Å². The first-order chi connectivity index (χ1) is 6.11. The fourth-order valence-corrected chi connectivity index (χ4v) is 1.31. The van der Waals surface area contributed by atoms with E-state index in [1.165, 1.54) is 7.11 Å². The van der Waals surface area contributed by atoms with Gasteiger partial charge in [0.05, 0.1) is 12.6 Å². The smallest absolute Gasteiger partial charge is 0.186 e. The van der Waals surface area contributed by atoms with Crippen LogP contribution in [-0.4, -0.2) is 59.7 Å². The normalized spacial score (nSPS) is 46.4. The van der Waals surface area contributed by atoms with E-state index in [4.69, 9.17) is 20.3 Å². The van der Waals surface area contributed by atoms with E-state index in [1.807, 2.05) is 0 Å². The van der Waals surface area contributed by atoms with E-state index in [9.17, 15) is 10.2 Å². The van der Waals surface area contributed by atoms with Gasteiger partial charge >= 0.3 is 0 Å². The van der Waals surface area contributed by atoms with E-state index >= 15 is 0 Å². The van der Waals surface area contributed by atoms with Crippen molar-refractivity contribution in [2.24, 2.45) is 5.73 Å². The van der Waals surface area contributed by atoms with E-state index in [0.29, 0.717) is 0 Å². The standard InChI is InChI=1S/C7H15NO5/c1-12-7-6(11)5(10)4(8)3(2-9)13-7/h3-7,9-11H,2,8H2,1H3/t3-,4-,5+,6-,7?/m1/s1. The number of rotatable bonds is 2. The Morgan fingerprint density at radius 2 is 2.00 bits per heavy atom. The maximum atomic E-state index is 9.40. The predicted molar refractivity (Wildman–Crippen MR) is 42.7 cm³/mol. The lowest BCUT2D eigenvalue weighted by molar-refractivity contribution is -0.268. The van der Waals surface area contributed by atoms with Gasteiger partial charge < -0.3 is 30.5 Å². The van der Waals surface area contributed by atoms with Crippen molar-refractivity contribution in [2.45, 2.75) is 30.6 Å². The van der Waals surface area contributed by atoms with Gasteiger partial charge in [-0.3, -0.25) is 0 Å². The fraction of sp³-hybridized carbons (Fsp3) is 1.00. The van der Waals surface area contributed by atoms with Crippen molar-refractivity contribution in [3.63, 3.8) is 0 Å². The molecule has 13 heavy (non-hydrogen) atoms. The van der Waals surface area contributed by atoms with Crippen molar-refractivity contribution in [2.75, 3.05) is 13.7 Å². The van der Waals surface area contributed by atoms with Gasteiger partial charge in [-0.1, -0.05) is 0 Å². The average Bonchev–Trinajstić information content (AvgIpc) is 2.15. The van der Waals surface area contributed by atoms with Crippen LogP contribution in [0.4, 0.5) is 0 Å². The minimum atomic E-state index is -1.18. The van der Waals surface area contributed by atoms with Gasteiger partial charge in [0.1, 0.15) is 18.3 Å². The summed E-state index contributed by atoms with van der Waals surface area (Å²) in [5.41, 5.74) is 5.49. The molecular weight excluding hydrogens is 178 g/mol. The minimum Gasteiger partial charge on any atom is -0.394 e. The highest BCUT2D eigenvalue weighted by Crippen LogP contribution is 2.19. The molecule has 78 valence electrons. The Morgan fingerprint density at radius 3 is 2.46 bits per heavy atom. The summed E-state index contributed by atoms with van der Waals surface area (Å²) in [6.45, 7) is -0.315. The van der Waals surface area contributed by atoms with Crippen molar-refractivity contribution in [3.05, 3.63) is 0 Å². The van der Waals surface area contributed by atoms with E-state index in [2.05, 4.69) is 0 Å². The van der Waals surface area contributed by atoms with Crippen LogP contribution in [0.2, 0.25) is 0 Å². The number of aliphatic hydroxyl groups is 3. The highest BCUT2D eigenvalue weighted by Gasteiger charge is 2.42. The van der Waals surface area contributed by atoms with Gasteiger partial charge in [-0.05, 0) is 0 Å². The molecule has 5 N–H and O–H groups in total. The molecule has 0 aromatic carbocycles. The molecule has 0 aliphatic carbocycles. The molecule has 1 fully saturated rings. The summed E-state index contributed by atoms with van der Waals surface area (Å²) in [4.78, 5) is 0. The minimum absolute atomic E-state index is 0.315. The zero-order valence-corrected chi connectivity index (χ0v) is 7.33. The van der Waals surface area contributed by atoms with Gasteiger partial charge in [-0.2, -0.15) is 0 Å². The second-order valence-corrected chi connectivity index (χ2v) is 3.02. The number of nitrogens with two attached hydrogens (primary N) is 1. The zero-order valence-electron chi connectivity index (χ0n) is 7.33. The molecular formula is C7H15NO5. The number of hydrogen-bond donors (Lipinski definition) is 4. The molecule has 0 aromatic heterocycles. The molecule has 1 unspecified atom stereocenters. The molecule has 0 bridgehead atoms. The van der Waals surface area contributed by atoms with E-state index in [0.717, 1.165) is 0 Å². The predicted octanol–water partition coefficient (Wildman–Crippen LogP) is -2.60. The van der Waals surface area contributed by atoms with Crippen molar-refractivity contribution < 1.29 is 24.8 Å². The van der Waals surface area contributed by atoms with Crippen LogP contribution in [0.3, 0.4) is 0 Å². The monoisotopic (exact) mass is 193 g/mol. The zero-order chi connectivity index (χ0) is 10.0. The lowest BCUT2D eigenvalue weighted by Gasteiger charge is -2.39. The number of methoxy groups -OCH3 is 1. The van der Waals surface area contributed by atoms with Gasteiger partial charge in [-0.25, -0.2) is 0 Å². The second-order valence-electron chi connectivity index (χ2n) is 3.02. The van der Waals surface area contributed by atoms with Crippen molar-refractivity contribution in [1.29, 1.82) is 0 Å². The van der Waals surface area contributed by atoms with E-state index < -0.39 is 30.6 Å². The molecule has 0 spiro atoms. The quantitative estimate of drug-likeness (QED) is 0.383. The van der Waals surface area contributed by atoms with Crippen LogP contribution in [0.25, 0.3) is 0 Å². The summed E-state index contributed by atoms with van der Waals surface area (Å²) in [7, 11) is 1.34. The summed E-state index contributed by atoms with van der Waals surface area (Å²) in [6, 6.07) is -0.800. The molecule has 1 heterocycles. The first kappa shape index (κ1) is 10.8. The van der Waals surface area contributed by atoms with E-state index in [-0.39, 0.29) is 6.61 Å². The molecule has 5 atom stereocenters. The molecule has 0 radical (unpaired) electrons. The first-order valence-corrected chi connectivity index (χ1v) is 4.02. The third-order valence-electron chi connectivity index (χ3n) is 2.17. The summed E-state index contributed by atoms with van der Waals surface area (Å²) in [5.74, 6) is 0. The SMILES string of the molecule is COC1O[C@H](CO)[C@@H](N)[C@H](O)[C@H]1O. The second kappa shape index (κ2) is 4.32. The third-order valence-corrected chi connectivity index (χ3v) is 2.17. The number of aliphatic hydroxyl groups excluding tert-OH is 3. The van der Waals surface area contributed by atoms with Crippen LogP contribution >= 0.6 is 0 Å². The number of ether oxygens (including phenoxy) is 2. The fourth-order valence-electron chi connectivity index (χ4n) is 1.31. The summed E-state index contributed by atoms with van der Waals surface area (Å²) in [6.07, 6.45) is -3.96. The van der Waals surface area contributed by atoms with Crippen LogP contribution in [0, 0.1) is 0 Å². The highest BCUT2D eigenvalue weighted by atomic mass is 16.7. The van der Waals surface area contributed by atoms with Crippen LogP contribution in [0.5, 0.6) is 0 Å². The van der Waals surface area contributed by atoms with E-state index in [1.54, 1.807) is 0 Å². The van der Waals surface area contributed by atoms with Crippen LogP contribution in [-0.2, 0) is 9.47 Å². The molecule has 0 amide bonds. The molecule has 0 aromatic rings. The Morgan fingerprint density at radius 1 is 1.38 bits per heavy atom. The first-order valence-electron chi connectivity index (χ1n) is 4.02. The topological polar surface area (TPSA) is 105 Å². The van der Waals surface area contributed by atoms with Gasteiger partial charge in [0.25, 0.3) is 0 Å². The van der Waals surface area contributed by atoms with Crippen LogP contribution in [0.15, 0.2) is 0 Å². The van der Waals surface area contributed by atoms with Gasteiger partial charge in [0.2, 0.25) is 0 Å². The molecule has 1 aliphatic heterocycles. The summed E-state index contributed by atoms with van der Waals surface area (Å²) in [5, 5.41) is 27.6. The van der Waals surface area contributed by atoms with Crippen molar-refractivity contribution in [1.82, 2.24) is 0 Å². The van der Waals surface area contributed by atoms with Gasteiger partial charge in [0.15, 0.2) is 6.29 Å². The molecule has 1 saturated heterocycles. The maximum absolute atomic E-state index is 9.40. The Bertz CT molecular complexity index is 147. The molecule has 0 saturated carbocycles. The summed E-state index contributed by atoms with van der Waals surface area (Å²) < 4.78 is 9.83. The largest absolute Gasteiger partial charge is 0.394 e. The molecule has 6 nitrogen and oxygen atoms in total.